The van der Waals surface area contributed by atoms with Crippen LogP contribution in [-0.4, -0.2) is 24.5 Å². The van der Waals surface area contributed by atoms with Crippen molar-refractivity contribution < 1.29 is 23.5 Å². The van der Waals surface area contributed by atoms with Crippen LogP contribution in [0.1, 0.15) is 22.8 Å². The van der Waals surface area contributed by atoms with Crippen LogP contribution in [-0.2, 0) is 16.1 Å². The zero-order valence-electron chi connectivity index (χ0n) is 14.4. The lowest BCUT2D eigenvalue weighted by molar-refractivity contribution is -0.128. The summed E-state index contributed by atoms with van der Waals surface area (Å²) >= 11 is 0. The van der Waals surface area contributed by atoms with E-state index in [0.717, 1.165) is 5.56 Å². The molecule has 5 nitrogen and oxygen atoms in total. The Hall–Kier alpha value is -3.15. The van der Waals surface area contributed by atoms with Gasteiger partial charge in [-0.15, -0.1) is 6.58 Å². The Bertz CT molecular complexity index is 774. The predicted octanol–water partition coefficient (Wildman–Crippen LogP) is 3.25. The SMILES string of the molecule is C=CCNC(=O)C(C)OC(=O)c1ccccc1OCc1ccc(F)cc1. The molecule has 1 unspecified atom stereocenters. The first-order chi connectivity index (χ1) is 12.5. The van der Waals surface area contributed by atoms with Crippen molar-refractivity contribution in [2.75, 3.05) is 6.54 Å². The minimum absolute atomic E-state index is 0.167. The van der Waals surface area contributed by atoms with Gasteiger partial charge in [-0.3, -0.25) is 4.79 Å². The quantitative estimate of drug-likeness (QED) is 0.582. The van der Waals surface area contributed by atoms with Gasteiger partial charge in [-0.1, -0.05) is 30.3 Å². The zero-order chi connectivity index (χ0) is 18.9. The summed E-state index contributed by atoms with van der Waals surface area (Å²) in [5.74, 6) is -1.09. The maximum atomic E-state index is 12.9. The van der Waals surface area contributed by atoms with Gasteiger partial charge in [0.05, 0.1) is 0 Å². The third-order valence-electron chi connectivity index (χ3n) is 3.49. The molecular weight excluding hydrogens is 337 g/mol. The number of ether oxygens (including phenoxy) is 2. The summed E-state index contributed by atoms with van der Waals surface area (Å²) in [6.07, 6.45) is 0.581. The van der Waals surface area contributed by atoms with Crippen molar-refractivity contribution in [3.05, 3.63) is 78.1 Å². The molecule has 1 amide bonds. The second-order valence-electron chi connectivity index (χ2n) is 5.49. The molecule has 6 heteroatoms. The van der Waals surface area contributed by atoms with E-state index in [9.17, 15) is 14.0 Å². The molecule has 1 N–H and O–H groups in total. The second-order valence-corrected chi connectivity index (χ2v) is 5.49. The van der Waals surface area contributed by atoms with Gasteiger partial charge in [-0.25, -0.2) is 9.18 Å². The van der Waals surface area contributed by atoms with Crippen molar-refractivity contribution in [2.45, 2.75) is 19.6 Å². The van der Waals surface area contributed by atoms with Crippen LogP contribution in [0.3, 0.4) is 0 Å². The Balaban J connectivity index is 2.02. The number of amides is 1. The molecular formula is C20H20FNO4. The average molecular weight is 357 g/mol. The Labute approximate surface area is 151 Å². The molecule has 0 radical (unpaired) electrons. The van der Waals surface area contributed by atoms with Crippen molar-refractivity contribution in [3.63, 3.8) is 0 Å². The highest BCUT2D eigenvalue weighted by molar-refractivity contribution is 5.94. The first-order valence-electron chi connectivity index (χ1n) is 8.07. The Morgan fingerprint density at radius 1 is 1.19 bits per heavy atom. The van der Waals surface area contributed by atoms with E-state index in [2.05, 4.69) is 11.9 Å². The van der Waals surface area contributed by atoms with Crippen LogP contribution in [0.5, 0.6) is 5.75 Å². The number of rotatable bonds is 8. The largest absolute Gasteiger partial charge is 0.488 e. The predicted molar refractivity (Wildman–Crippen MR) is 95.3 cm³/mol. The fourth-order valence-electron chi connectivity index (χ4n) is 2.10. The average Bonchev–Trinajstić information content (AvgIpc) is 2.65. The maximum Gasteiger partial charge on any atom is 0.342 e. The second kappa shape index (κ2) is 9.36. The fourth-order valence-corrected chi connectivity index (χ4v) is 2.10. The van der Waals surface area contributed by atoms with Gasteiger partial charge in [0.25, 0.3) is 5.91 Å². The molecule has 2 aromatic carbocycles. The highest BCUT2D eigenvalue weighted by Crippen LogP contribution is 2.21. The lowest BCUT2D eigenvalue weighted by Crippen LogP contribution is -2.35. The molecule has 1 atom stereocenters. The first-order valence-corrected chi connectivity index (χ1v) is 8.07. The molecule has 26 heavy (non-hydrogen) atoms. The summed E-state index contributed by atoms with van der Waals surface area (Å²) < 4.78 is 23.8. The third-order valence-corrected chi connectivity index (χ3v) is 3.49. The van der Waals surface area contributed by atoms with Crippen LogP contribution in [0.2, 0.25) is 0 Å². The summed E-state index contributed by atoms with van der Waals surface area (Å²) in [5, 5.41) is 2.56. The van der Waals surface area contributed by atoms with Gasteiger partial charge in [0, 0.05) is 6.54 Å². The normalized spacial score (nSPS) is 11.3. The van der Waals surface area contributed by atoms with Crippen LogP contribution >= 0.6 is 0 Å². The molecule has 0 saturated heterocycles. The van der Waals surface area contributed by atoms with Gasteiger partial charge in [0.2, 0.25) is 0 Å². The van der Waals surface area contributed by atoms with E-state index in [1.54, 1.807) is 36.4 Å². The molecule has 0 bridgehead atoms. The van der Waals surface area contributed by atoms with Crippen LogP contribution in [0.15, 0.2) is 61.2 Å². The number of hydrogen-bond acceptors (Lipinski definition) is 4. The van der Waals surface area contributed by atoms with Gasteiger partial charge < -0.3 is 14.8 Å². The Kier molecular flexibility index (Phi) is 6.91. The number of nitrogens with one attached hydrogen (secondary N) is 1. The Morgan fingerprint density at radius 3 is 2.58 bits per heavy atom. The summed E-state index contributed by atoms with van der Waals surface area (Å²) in [7, 11) is 0. The van der Waals surface area contributed by atoms with Crippen molar-refractivity contribution in [1.29, 1.82) is 0 Å². The summed E-state index contributed by atoms with van der Waals surface area (Å²) in [6, 6.07) is 12.4. The van der Waals surface area contributed by atoms with Crippen molar-refractivity contribution in [3.8, 4) is 5.75 Å². The van der Waals surface area contributed by atoms with E-state index in [1.807, 2.05) is 0 Å². The van der Waals surface area contributed by atoms with Crippen molar-refractivity contribution in [1.82, 2.24) is 5.32 Å². The maximum absolute atomic E-state index is 12.9. The number of para-hydroxylation sites is 1. The number of carbonyl (C=O) groups excluding carboxylic acids is 2. The van der Waals surface area contributed by atoms with Crippen LogP contribution in [0, 0.1) is 5.82 Å². The van der Waals surface area contributed by atoms with Gasteiger partial charge in [-0.2, -0.15) is 0 Å². The lowest BCUT2D eigenvalue weighted by atomic mass is 10.2. The molecule has 0 aromatic heterocycles. The van der Waals surface area contributed by atoms with E-state index in [-0.39, 0.29) is 24.5 Å². The van der Waals surface area contributed by atoms with E-state index in [1.165, 1.54) is 25.1 Å². The van der Waals surface area contributed by atoms with Gasteiger partial charge in [0.15, 0.2) is 6.10 Å². The minimum atomic E-state index is -0.951. The summed E-state index contributed by atoms with van der Waals surface area (Å²) in [4.78, 5) is 24.2. The highest BCUT2D eigenvalue weighted by atomic mass is 19.1. The van der Waals surface area contributed by atoms with Crippen LogP contribution in [0.25, 0.3) is 0 Å². The minimum Gasteiger partial charge on any atom is -0.488 e. The molecule has 136 valence electrons. The molecule has 2 rings (SSSR count). The summed E-state index contributed by atoms with van der Waals surface area (Å²) in [5.41, 5.74) is 0.963. The number of benzene rings is 2. The zero-order valence-corrected chi connectivity index (χ0v) is 14.4. The molecule has 0 heterocycles. The van der Waals surface area contributed by atoms with E-state index < -0.39 is 18.0 Å². The van der Waals surface area contributed by atoms with Gasteiger partial charge in [0.1, 0.15) is 23.7 Å². The molecule has 0 saturated carbocycles. The highest BCUT2D eigenvalue weighted by Gasteiger charge is 2.20. The van der Waals surface area contributed by atoms with Crippen LogP contribution in [0.4, 0.5) is 4.39 Å². The smallest absolute Gasteiger partial charge is 0.342 e. The number of hydrogen-bond donors (Lipinski definition) is 1. The van der Waals surface area contributed by atoms with Crippen molar-refractivity contribution >= 4 is 11.9 Å². The Morgan fingerprint density at radius 2 is 1.88 bits per heavy atom. The van der Waals surface area contributed by atoms with Gasteiger partial charge in [-0.05, 0) is 36.8 Å². The molecule has 0 aliphatic heterocycles. The lowest BCUT2D eigenvalue weighted by Gasteiger charge is -2.15. The van der Waals surface area contributed by atoms with E-state index in [4.69, 9.17) is 9.47 Å². The number of carbonyl (C=O) groups is 2. The van der Waals surface area contributed by atoms with E-state index >= 15 is 0 Å². The van der Waals surface area contributed by atoms with E-state index in [0.29, 0.717) is 5.75 Å². The molecule has 0 spiro atoms. The standard InChI is InChI=1S/C20H20FNO4/c1-3-12-22-19(23)14(2)26-20(24)17-6-4-5-7-18(17)25-13-15-8-10-16(21)11-9-15/h3-11,14H,1,12-13H2,2H3,(H,22,23). The molecule has 0 aliphatic rings. The van der Waals surface area contributed by atoms with Gasteiger partial charge >= 0.3 is 5.97 Å². The molecule has 0 aliphatic carbocycles. The monoisotopic (exact) mass is 357 g/mol. The summed E-state index contributed by atoms with van der Waals surface area (Å²) in [6.45, 7) is 5.44. The fraction of sp³-hybridized carbons (Fsp3) is 0.200. The van der Waals surface area contributed by atoms with Crippen molar-refractivity contribution in [2.24, 2.45) is 0 Å². The number of esters is 1. The molecule has 0 fully saturated rings. The number of halogens is 1. The first kappa shape index (κ1) is 19.2. The van der Waals surface area contributed by atoms with Crippen LogP contribution < -0.4 is 10.1 Å². The topological polar surface area (TPSA) is 64.6 Å². The molecule has 2 aromatic rings. The third kappa shape index (κ3) is 5.44.